The van der Waals surface area contributed by atoms with Gasteiger partial charge in [-0.15, -0.1) is 0 Å². The first-order valence-corrected chi connectivity index (χ1v) is 6.82. The molecule has 1 aliphatic heterocycles. The molecule has 18 heavy (non-hydrogen) atoms. The third-order valence-corrected chi connectivity index (χ3v) is 3.61. The summed E-state index contributed by atoms with van der Waals surface area (Å²) in [7, 11) is 0. The fraction of sp³-hybridized carbons (Fsp3) is 0.500. The van der Waals surface area contributed by atoms with Gasteiger partial charge in [0.1, 0.15) is 0 Å². The Hall–Kier alpha value is -1.06. The third kappa shape index (κ3) is 3.72. The van der Waals surface area contributed by atoms with Crippen LogP contribution < -0.4 is 10.6 Å². The van der Waals surface area contributed by atoms with Crippen molar-refractivity contribution in [1.29, 1.82) is 0 Å². The molecule has 0 aliphatic carbocycles. The molecule has 1 heterocycles. The number of nitrogens with one attached hydrogen (secondary N) is 2. The summed E-state index contributed by atoms with van der Waals surface area (Å²) in [5.41, 5.74) is 1.80. The standard InChI is InChI=1S/C14H19ClN2O/c1-10-4-6-12(15)13(9-10)17-14(18)7-5-11-3-2-8-16-11/h4,6,9,11,16H,2-3,5,7-8H2,1H3,(H,17,18). The van der Waals surface area contributed by atoms with Crippen LogP contribution in [0.1, 0.15) is 31.2 Å². The molecule has 0 bridgehead atoms. The summed E-state index contributed by atoms with van der Waals surface area (Å²) in [5, 5.41) is 6.86. The average molecular weight is 267 g/mol. The Bertz CT molecular complexity index is 428. The Balaban J connectivity index is 1.84. The predicted octanol–water partition coefficient (Wildman–Crippen LogP) is 3.12. The second kappa shape index (κ2) is 6.21. The number of halogens is 1. The number of benzene rings is 1. The van der Waals surface area contributed by atoms with Crippen LogP contribution >= 0.6 is 11.6 Å². The Morgan fingerprint density at radius 2 is 2.39 bits per heavy atom. The Kier molecular flexibility index (Phi) is 4.61. The van der Waals surface area contributed by atoms with E-state index in [1.807, 2.05) is 25.1 Å². The van der Waals surface area contributed by atoms with Crippen LogP contribution in [0, 0.1) is 6.92 Å². The molecule has 1 aliphatic rings. The quantitative estimate of drug-likeness (QED) is 0.879. The second-order valence-electron chi connectivity index (χ2n) is 4.86. The summed E-state index contributed by atoms with van der Waals surface area (Å²) in [6.45, 7) is 3.06. The Labute approximate surface area is 113 Å². The lowest BCUT2D eigenvalue weighted by atomic mass is 10.1. The van der Waals surface area contributed by atoms with Crippen molar-refractivity contribution in [2.75, 3.05) is 11.9 Å². The van der Waals surface area contributed by atoms with Gasteiger partial charge in [0.15, 0.2) is 0 Å². The molecule has 98 valence electrons. The molecule has 3 nitrogen and oxygen atoms in total. The lowest BCUT2D eigenvalue weighted by Gasteiger charge is -2.11. The van der Waals surface area contributed by atoms with Crippen LogP contribution in [-0.4, -0.2) is 18.5 Å². The molecule has 1 aromatic carbocycles. The second-order valence-corrected chi connectivity index (χ2v) is 5.27. The van der Waals surface area contributed by atoms with Gasteiger partial charge in [0.05, 0.1) is 10.7 Å². The molecule has 1 aromatic rings. The Morgan fingerprint density at radius 1 is 1.56 bits per heavy atom. The summed E-state index contributed by atoms with van der Waals surface area (Å²) < 4.78 is 0. The highest BCUT2D eigenvalue weighted by atomic mass is 35.5. The van der Waals surface area contributed by atoms with Crippen molar-refractivity contribution < 1.29 is 4.79 Å². The van der Waals surface area contributed by atoms with Gasteiger partial charge in [-0.1, -0.05) is 17.7 Å². The molecule has 0 spiro atoms. The first-order chi connectivity index (χ1) is 8.65. The number of hydrogen-bond acceptors (Lipinski definition) is 2. The average Bonchev–Trinajstić information content (AvgIpc) is 2.84. The van der Waals surface area contributed by atoms with E-state index in [4.69, 9.17) is 11.6 Å². The number of carbonyl (C=O) groups excluding carboxylic acids is 1. The van der Waals surface area contributed by atoms with Crippen LogP contribution in [-0.2, 0) is 4.79 Å². The van der Waals surface area contributed by atoms with Crippen molar-refractivity contribution in [3.63, 3.8) is 0 Å². The van der Waals surface area contributed by atoms with Crippen LogP contribution in [0.4, 0.5) is 5.69 Å². The van der Waals surface area contributed by atoms with Gasteiger partial charge in [0.25, 0.3) is 0 Å². The van der Waals surface area contributed by atoms with Crippen LogP contribution in [0.5, 0.6) is 0 Å². The molecule has 0 aromatic heterocycles. The molecular weight excluding hydrogens is 248 g/mol. The maximum absolute atomic E-state index is 11.8. The maximum atomic E-state index is 11.8. The molecule has 1 atom stereocenters. The lowest BCUT2D eigenvalue weighted by molar-refractivity contribution is -0.116. The number of rotatable bonds is 4. The fourth-order valence-electron chi connectivity index (χ4n) is 2.26. The van der Waals surface area contributed by atoms with Gasteiger partial charge in [-0.3, -0.25) is 4.79 Å². The van der Waals surface area contributed by atoms with E-state index in [1.54, 1.807) is 0 Å². The number of aryl methyl sites for hydroxylation is 1. The van der Waals surface area contributed by atoms with Crippen LogP contribution in [0.25, 0.3) is 0 Å². The molecule has 0 saturated carbocycles. The van der Waals surface area contributed by atoms with Crippen LogP contribution in [0.15, 0.2) is 18.2 Å². The zero-order chi connectivity index (χ0) is 13.0. The highest BCUT2D eigenvalue weighted by Crippen LogP contribution is 2.23. The van der Waals surface area contributed by atoms with Crippen molar-refractivity contribution in [3.05, 3.63) is 28.8 Å². The minimum Gasteiger partial charge on any atom is -0.325 e. The van der Waals surface area contributed by atoms with Gasteiger partial charge in [-0.25, -0.2) is 0 Å². The van der Waals surface area contributed by atoms with Gasteiger partial charge in [-0.2, -0.15) is 0 Å². The molecule has 2 rings (SSSR count). The van der Waals surface area contributed by atoms with E-state index in [0.29, 0.717) is 23.2 Å². The van der Waals surface area contributed by atoms with E-state index in [-0.39, 0.29) is 5.91 Å². The number of carbonyl (C=O) groups is 1. The monoisotopic (exact) mass is 266 g/mol. The number of hydrogen-bond donors (Lipinski definition) is 2. The SMILES string of the molecule is Cc1ccc(Cl)c(NC(=O)CCC2CCCN2)c1. The summed E-state index contributed by atoms with van der Waals surface area (Å²) in [6, 6.07) is 6.14. The molecule has 4 heteroatoms. The first kappa shape index (κ1) is 13.4. The van der Waals surface area contributed by atoms with Crippen molar-refractivity contribution >= 4 is 23.2 Å². The molecule has 1 amide bonds. The fourth-order valence-corrected chi connectivity index (χ4v) is 2.42. The highest BCUT2D eigenvalue weighted by Gasteiger charge is 2.15. The van der Waals surface area contributed by atoms with Gasteiger partial charge < -0.3 is 10.6 Å². The summed E-state index contributed by atoms with van der Waals surface area (Å²) in [5.74, 6) is 0.0381. The Morgan fingerprint density at radius 3 is 3.11 bits per heavy atom. The number of amides is 1. The van der Waals surface area contributed by atoms with Gasteiger partial charge >= 0.3 is 0 Å². The summed E-state index contributed by atoms with van der Waals surface area (Å²) >= 11 is 6.04. The summed E-state index contributed by atoms with van der Waals surface area (Å²) in [4.78, 5) is 11.8. The summed E-state index contributed by atoms with van der Waals surface area (Å²) in [6.07, 6.45) is 3.84. The van der Waals surface area contributed by atoms with Crippen molar-refractivity contribution in [2.24, 2.45) is 0 Å². The van der Waals surface area contributed by atoms with Crippen molar-refractivity contribution in [3.8, 4) is 0 Å². The van der Waals surface area contributed by atoms with Crippen molar-refractivity contribution in [2.45, 2.75) is 38.6 Å². The predicted molar refractivity (Wildman–Crippen MR) is 75.1 cm³/mol. The van der Waals surface area contributed by atoms with Crippen LogP contribution in [0.3, 0.4) is 0 Å². The third-order valence-electron chi connectivity index (χ3n) is 3.28. The molecule has 0 radical (unpaired) electrons. The molecule has 1 saturated heterocycles. The van der Waals surface area contributed by atoms with Crippen LogP contribution in [0.2, 0.25) is 5.02 Å². The topological polar surface area (TPSA) is 41.1 Å². The van der Waals surface area contributed by atoms with E-state index in [0.717, 1.165) is 18.5 Å². The normalized spacial score (nSPS) is 18.9. The zero-order valence-corrected chi connectivity index (χ0v) is 11.4. The van der Waals surface area contributed by atoms with Crippen molar-refractivity contribution in [1.82, 2.24) is 5.32 Å². The smallest absolute Gasteiger partial charge is 0.224 e. The largest absolute Gasteiger partial charge is 0.325 e. The van der Waals surface area contributed by atoms with E-state index < -0.39 is 0 Å². The molecule has 1 unspecified atom stereocenters. The lowest BCUT2D eigenvalue weighted by Crippen LogP contribution is -2.23. The maximum Gasteiger partial charge on any atom is 0.224 e. The van der Waals surface area contributed by atoms with E-state index in [2.05, 4.69) is 10.6 Å². The van der Waals surface area contributed by atoms with Gasteiger partial charge in [0.2, 0.25) is 5.91 Å². The highest BCUT2D eigenvalue weighted by molar-refractivity contribution is 6.33. The van der Waals surface area contributed by atoms with Gasteiger partial charge in [0, 0.05) is 12.5 Å². The number of anilines is 1. The minimum absolute atomic E-state index is 0.0381. The van der Waals surface area contributed by atoms with E-state index in [9.17, 15) is 4.79 Å². The first-order valence-electron chi connectivity index (χ1n) is 6.44. The molecular formula is C14H19ClN2O. The molecule has 1 fully saturated rings. The van der Waals surface area contributed by atoms with Gasteiger partial charge in [-0.05, 0) is 50.4 Å². The van der Waals surface area contributed by atoms with E-state index in [1.165, 1.54) is 12.8 Å². The van der Waals surface area contributed by atoms with E-state index >= 15 is 0 Å². The zero-order valence-electron chi connectivity index (χ0n) is 10.6. The molecule has 2 N–H and O–H groups in total. The minimum atomic E-state index is 0.0381.